The van der Waals surface area contributed by atoms with Crippen LogP contribution in [-0.4, -0.2) is 16.0 Å². The molecule has 1 aromatic carbocycles. The molecule has 0 amide bonds. The molecule has 0 fully saturated rings. The van der Waals surface area contributed by atoms with Crippen LogP contribution in [0, 0.1) is 6.92 Å². The van der Waals surface area contributed by atoms with Gasteiger partial charge in [-0.3, -0.25) is 4.98 Å². The maximum absolute atomic E-state index is 4.47. The molecule has 2 aliphatic rings. The second-order valence-corrected chi connectivity index (χ2v) is 8.08. The zero-order valence-electron chi connectivity index (χ0n) is 15.1. The molecule has 0 radical (unpaired) electrons. The van der Waals surface area contributed by atoms with Crippen molar-refractivity contribution < 1.29 is 0 Å². The third kappa shape index (κ3) is 2.82. The molecule has 0 bridgehead atoms. The maximum Gasteiger partial charge on any atom is 0.136 e. The van der Waals surface area contributed by atoms with Crippen molar-refractivity contribution in [3.8, 4) is 0 Å². The van der Waals surface area contributed by atoms with Crippen molar-refractivity contribution in [3.63, 3.8) is 0 Å². The largest absolute Gasteiger partial charge is 0.314 e. The Balaban J connectivity index is 1.47. The summed E-state index contributed by atoms with van der Waals surface area (Å²) in [5.41, 5.74) is 3.31. The third-order valence-electron chi connectivity index (χ3n) is 5.00. The average Bonchev–Trinajstić information content (AvgIpc) is 3.32. The lowest BCUT2D eigenvalue weighted by molar-refractivity contribution is 0.290. The van der Waals surface area contributed by atoms with Crippen molar-refractivity contribution in [2.75, 3.05) is 4.90 Å². The normalized spacial score (nSPS) is 19.5. The number of anilines is 1. The summed E-state index contributed by atoms with van der Waals surface area (Å²) in [5, 5.41) is 13.3. The molecule has 0 N–H and O–H groups in total. The Morgan fingerprint density at radius 1 is 1.15 bits per heavy atom. The Morgan fingerprint density at radius 2 is 2.07 bits per heavy atom. The summed E-state index contributed by atoms with van der Waals surface area (Å²) in [5.74, 6) is 0. The first-order valence-corrected chi connectivity index (χ1v) is 9.80. The smallest absolute Gasteiger partial charge is 0.136 e. The van der Waals surface area contributed by atoms with E-state index in [1.54, 1.807) is 11.3 Å². The number of hydrogen-bond acceptors (Lipinski definition) is 6. The number of thiophene rings is 1. The fraction of sp³-hybridized carbons (Fsp3) is 0.190. The molecule has 0 spiro atoms. The number of aryl methyl sites for hydroxylation is 1. The summed E-state index contributed by atoms with van der Waals surface area (Å²) in [7, 11) is 0. The molecule has 2 unspecified atom stereocenters. The van der Waals surface area contributed by atoms with Crippen LogP contribution in [0.1, 0.15) is 23.4 Å². The van der Waals surface area contributed by atoms with Crippen LogP contribution >= 0.6 is 11.3 Å². The van der Waals surface area contributed by atoms with Gasteiger partial charge in [-0.05, 0) is 55.8 Å². The molecule has 0 saturated carbocycles. The van der Waals surface area contributed by atoms with Crippen molar-refractivity contribution >= 4 is 27.2 Å². The first kappa shape index (κ1) is 16.2. The molecule has 134 valence electrons. The van der Waals surface area contributed by atoms with E-state index in [4.69, 9.17) is 0 Å². The van der Waals surface area contributed by atoms with Gasteiger partial charge in [0.1, 0.15) is 6.04 Å². The van der Waals surface area contributed by atoms with Gasteiger partial charge in [0.2, 0.25) is 0 Å². The Bertz CT molecular complexity index is 1100. The van der Waals surface area contributed by atoms with Crippen molar-refractivity contribution in [2.24, 2.45) is 10.3 Å². The van der Waals surface area contributed by atoms with Gasteiger partial charge in [-0.1, -0.05) is 17.4 Å². The highest BCUT2D eigenvalue weighted by Crippen LogP contribution is 2.37. The fourth-order valence-electron chi connectivity index (χ4n) is 3.48. The minimum absolute atomic E-state index is 0.00752. The van der Waals surface area contributed by atoms with Gasteiger partial charge in [0.25, 0.3) is 0 Å². The van der Waals surface area contributed by atoms with Gasteiger partial charge in [-0.25, -0.2) is 5.01 Å². The number of nitrogens with zero attached hydrogens (tertiary/aromatic N) is 5. The molecule has 2 aliphatic heterocycles. The van der Waals surface area contributed by atoms with Crippen molar-refractivity contribution in [3.05, 3.63) is 83.3 Å². The molecule has 0 aliphatic carbocycles. The predicted octanol–water partition coefficient (Wildman–Crippen LogP) is 5.59. The molecule has 2 aromatic heterocycles. The molecule has 2 atom stereocenters. The average molecular weight is 373 g/mol. The van der Waals surface area contributed by atoms with E-state index in [2.05, 4.69) is 88.9 Å². The number of benzene rings is 1. The molecular weight excluding hydrogens is 354 g/mol. The molecule has 0 saturated heterocycles. The van der Waals surface area contributed by atoms with Gasteiger partial charge in [-0.15, -0.1) is 11.3 Å². The van der Waals surface area contributed by atoms with Crippen LogP contribution in [0.5, 0.6) is 0 Å². The lowest BCUT2D eigenvalue weighted by Gasteiger charge is -2.28. The monoisotopic (exact) mass is 373 g/mol. The van der Waals surface area contributed by atoms with Gasteiger partial charge < -0.3 is 4.90 Å². The number of aromatic nitrogens is 1. The Kier molecular flexibility index (Phi) is 3.79. The van der Waals surface area contributed by atoms with Crippen LogP contribution in [0.3, 0.4) is 0 Å². The number of pyridine rings is 1. The summed E-state index contributed by atoms with van der Waals surface area (Å²) in [6.45, 7) is 4.29. The van der Waals surface area contributed by atoms with Gasteiger partial charge >= 0.3 is 0 Å². The van der Waals surface area contributed by atoms with Gasteiger partial charge in [0, 0.05) is 28.9 Å². The van der Waals surface area contributed by atoms with E-state index in [1.807, 2.05) is 17.3 Å². The molecule has 27 heavy (non-hydrogen) atoms. The zero-order valence-corrected chi connectivity index (χ0v) is 16.0. The van der Waals surface area contributed by atoms with Crippen molar-refractivity contribution in [1.29, 1.82) is 0 Å². The minimum Gasteiger partial charge on any atom is -0.314 e. The van der Waals surface area contributed by atoms with Crippen LogP contribution in [0.4, 0.5) is 5.00 Å². The van der Waals surface area contributed by atoms with Gasteiger partial charge in [0.15, 0.2) is 0 Å². The first-order valence-electron chi connectivity index (χ1n) is 8.98. The fourth-order valence-corrected chi connectivity index (χ4v) is 4.30. The lowest BCUT2D eigenvalue weighted by Crippen LogP contribution is -2.26. The molecule has 5 rings (SSSR count). The summed E-state index contributed by atoms with van der Waals surface area (Å²) >= 11 is 1.78. The number of rotatable bonds is 3. The van der Waals surface area contributed by atoms with Crippen LogP contribution in [-0.2, 0) is 0 Å². The van der Waals surface area contributed by atoms with Crippen molar-refractivity contribution in [2.45, 2.75) is 25.9 Å². The third-order valence-corrected chi connectivity index (χ3v) is 6.01. The topological polar surface area (TPSA) is 44.1 Å². The second kappa shape index (κ2) is 6.32. The standard InChI is InChI=1S/C21H19N5S/c1-14-5-8-21(27-14)25-11-9-19-20(13-25)26(24-23-19)15(2)16-6-7-18-17(12-16)4-3-10-22-18/h3-13,15,19H,1-2H3. The summed E-state index contributed by atoms with van der Waals surface area (Å²) < 4.78 is 0. The first-order chi connectivity index (χ1) is 13.2. The number of fused-ring (bicyclic) bond motifs is 2. The molecule has 3 aromatic rings. The van der Waals surface area contributed by atoms with E-state index in [0.29, 0.717) is 0 Å². The summed E-state index contributed by atoms with van der Waals surface area (Å²) in [6, 6.07) is 14.8. The maximum atomic E-state index is 4.47. The van der Waals surface area contributed by atoms with E-state index in [1.165, 1.54) is 15.4 Å². The van der Waals surface area contributed by atoms with Crippen LogP contribution in [0.25, 0.3) is 10.9 Å². The highest BCUT2D eigenvalue weighted by molar-refractivity contribution is 7.16. The Morgan fingerprint density at radius 3 is 2.93 bits per heavy atom. The van der Waals surface area contributed by atoms with Crippen molar-refractivity contribution in [1.82, 2.24) is 9.99 Å². The molecule has 4 heterocycles. The molecule has 5 nitrogen and oxygen atoms in total. The Hall–Kier alpha value is -2.99. The van der Waals surface area contributed by atoms with Crippen LogP contribution in [0.15, 0.2) is 83.2 Å². The molecular formula is C21H19N5S. The van der Waals surface area contributed by atoms with E-state index in [9.17, 15) is 0 Å². The highest BCUT2D eigenvalue weighted by Gasteiger charge is 2.31. The highest BCUT2D eigenvalue weighted by atomic mass is 32.1. The predicted molar refractivity (Wildman–Crippen MR) is 109 cm³/mol. The zero-order chi connectivity index (χ0) is 18.4. The summed E-state index contributed by atoms with van der Waals surface area (Å²) in [6.07, 6.45) is 8.15. The Labute approximate surface area is 161 Å². The van der Waals surface area contributed by atoms with Crippen LogP contribution < -0.4 is 4.90 Å². The number of hydrogen-bond donors (Lipinski definition) is 0. The minimum atomic E-state index is -0.00752. The van der Waals surface area contributed by atoms with E-state index in [-0.39, 0.29) is 12.1 Å². The second-order valence-electron chi connectivity index (χ2n) is 6.81. The van der Waals surface area contributed by atoms with Crippen LogP contribution in [0.2, 0.25) is 0 Å². The SMILES string of the molecule is Cc1ccc(N2C=CC3N=NN(C(C)c4ccc5ncccc5c4)C3=C2)s1. The van der Waals surface area contributed by atoms with E-state index < -0.39 is 0 Å². The van der Waals surface area contributed by atoms with Gasteiger partial charge in [-0.2, -0.15) is 5.11 Å². The van der Waals surface area contributed by atoms with Gasteiger partial charge in [0.05, 0.1) is 22.3 Å². The lowest BCUT2D eigenvalue weighted by atomic mass is 10.0. The van der Waals surface area contributed by atoms with E-state index in [0.717, 1.165) is 16.6 Å². The molecule has 6 heteroatoms. The van der Waals surface area contributed by atoms with E-state index >= 15 is 0 Å². The summed E-state index contributed by atoms with van der Waals surface area (Å²) in [4.78, 5) is 7.87. The quantitative estimate of drug-likeness (QED) is 0.601.